The number of carbonyl (C=O) groups excluding carboxylic acids is 1. The topological polar surface area (TPSA) is 55.6 Å². The standard InChI is InChI=1S/C11H20N2O2/c1-3-10(12)11(14)13-6-4-9(5-7-13)8-15-2/h4,10H,3,5-8,12H2,1-2H3/t10-/m1/s1. The van der Waals surface area contributed by atoms with Gasteiger partial charge in [0.15, 0.2) is 0 Å². The Labute approximate surface area is 91.1 Å². The number of hydrogen-bond acceptors (Lipinski definition) is 3. The van der Waals surface area contributed by atoms with Crippen LogP contribution < -0.4 is 5.73 Å². The third-order valence-electron chi connectivity index (χ3n) is 2.70. The fraction of sp³-hybridized carbons (Fsp3) is 0.727. The molecule has 0 fully saturated rings. The molecule has 0 saturated heterocycles. The Morgan fingerprint density at radius 2 is 2.47 bits per heavy atom. The molecule has 0 spiro atoms. The third kappa shape index (κ3) is 3.32. The van der Waals surface area contributed by atoms with Crippen LogP contribution in [-0.2, 0) is 9.53 Å². The highest BCUT2D eigenvalue weighted by atomic mass is 16.5. The van der Waals surface area contributed by atoms with Crippen LogP contribution in [0.4, 0.5) is 0 Å². The number of hydrogen-bond donors (Lipinski definition) is 1. The lowest BCUT2D eigenvalue weighted by Gasteiger charge is -2.28. The summed E-state index contributed by atoms with van der Waals surface area (Å²) >= 11 is 0. The second-order valence-electron chi connectivity index (χ2n) is 3.84. The molecule has 1 amide bonds. The highest BCUT2D eigenvalue weighted by Gasteiger charge is 2.21. The molecule has 1 aliphatic rings. The molecular formula is C11H20N2O2. The van der Waals surface area contributed by atoms with E-state index < -0.39 is 0 Å². The molecule has 4 nitrogen and oxygen atoms in total. The van der Waals surface area contributed by atoms with Crippen LogP contribution in [0, 0.1) is 0 Å². The van der Waals surface area contributed by atoms with Crippen LogP contribution in [-0.4, -0.2) is 43.7 Å². The van der Waals surface area contributed by atoms with Crippen LogP contribution in [0.25, 0.3) is 0 Å². The lowest BCUT2D eigenvalue weighted by atomic mass is 10.1. The fourth-order valence-electron chi connectivity index (χ4n) is 1.64. The van der Waals surface area contributed by atoms with Gasteiger partial charge in [-0.15, -0.1) is 0 Å². The van der Waals surface area contributed by atoms with Crippen molar-refractivity contribution in [3.05, 3.63) is 11.6 Å². The molecule has 0 aromatic heterocycles. The lowest BCUT2D eigenvalue weighted by Crippen LogP contribution is -2.45. The molecule has 0 unspecified atom stereocenters. The molecule has 1 rings (SSSR count). The van der Waals surface area contributed by atoms with Crippen molar-refractivity contribution in [2.24, 2.45) is 5.73 Å². The van der Waals surface area contributed by atoms with Gasteiger partial charge in [-0.1, -0.05) is 13.0 Å². The molecule has 15 heavy (non-hydrogen) atoms. The summed E-state index contributed by atoms with van der Waals surface area (Å²) in [4.78, 5) is 13.5. The van der Waals surface area contributed by atoms with Crippen molar-refractivity contribution < 1.29 is 9.53 Å². The Balaban J connectivity index is 2.46. The van der Waals surface area contributed by atoms with E-state index in [9.17, 15) is 4.79 Å². The number of nitrogens with two attached hydrogens (primary N) is 1. The molecule has 0 radical (unpaired) electrons. The van der Waals surface area contributed by atoms with E-state index in [1.165, 1.54) is 5.57 Å². The highest BCUT2D eigenvalue weighted by Crippen LogP contribution is 2.12. The first-order valence-corrected chi connectivity index (χ1v) is 5.40. The number of rotatable bonds is 4. The van der Waals surface area contributed by atoms with E-state index in [0.717, 1.165) is 13.0 Å². The van der Waals surface area contributed by atoms with Gasteiger partial charge >= 0.3 is 0 Å². The van der Waals surface area contributed by atoms with Gasteiger partial charge in [0.2, 0.25) is 5.91 Å². The van der Waals surface area contributed by atoms with Gasteiger partial charge in [-0.05, 0) is 18.4 Å². The molecule has 4 heteroatoms. The largest absolute Gasteiger partial charge is 0.380 e. The predicted molar refractivity (Wildman–Crippen MR) is 59.4 cm³/mol. The van der Waals surface area contributed by atoms with Gasteiger partial charge in [-0.3, -0.25) is 4.79 Å². The van der Waals surface area contributed by atoms with Crippen LogP contribution in [0.1, 0.15) is 19.8 Å². The summed E-state index contributed by atoms with van der Waals surface area (Å²) in [5.74, 6) is 0.0604. The fourth-order valence-corrected chi connectivity index (χ4v) is 1.64. The number of carbonyl (C=O) groups is 1. The molecular weight excluding hydrogens is 192 g/mol. The van der Waals surface area contributed by atoms with Gasteiger partial charge in [-0.25, -0.2) is 0 Å². The first-order valence-electron chi connectivity index (χ1n) is 5.40. The predicted octanol–water partition coefficient (Wildman–Crippen LogP) is 0.529. The van der Waals surface area contributed by atoms with Crippen molar-refractivity contribution in [2.75, 3.05) is 26.8 Å². The zero-order valence-electron chi connectivity index (χ0n) is 9.53. The first kappa shape index (κ1) is 12.2. The first-order chi connectivity index (χ1) is 7.19. The van der Waals surface area contributed by atoms with Crippen molar-refractivity contribution in [1.82, 2.24) is 4.90 Å². The second-order valence-corrected chi connectivity index (χ2v) is 3.84. The second kappa shape index (κ2) is 5.88. The van der Waals surface area contributed by atoms with Gasteiger partial charge < -0.3 is 15.4 Å². The molecule has 0 aliphatic carbocycles. The maximum Gasteiger partial charge on any atom is 0.239 e. The van der Waals surface area contributed by atoms with Crippen molar-refractivity contribution >= 4 is 5.91 Å². The van der Waals surface area contributed by atoms with E-state index in [1.807, 2.05) is 11.8 Å². The summed E-state index contributed by atoms with van der Waals surface area (Å²) in [5, 5.41) is 0. The Kier molecular flexibility index (Phi) is 4.78. The minimum Gasteiger partial charge on any atom is -0.380 e. The molecule has 0 aromatic rings. The number of nitrogens with zero attached hydrogens (tertiary/aromatic N) is 1. The number of amides is 1. The number of methoxy groups -OCH3 is 1. The summed E-state index contributed by atoms with van der Waals surface area (Å²) in [6.07, 6.45) is 3.66. The maximum absolute atomic E-state index is 11.7. The molecule has 86 valence electrons. The minimum absolute atomic E-state index is 0.0604. The molecule has 2 N–H and O–H groups in total. The average Bonchev–Trinajstić information content (AvgIpc) is 2.28. The van der Waals surface area contributed by atoms with Gasteiger partial charge in [0.1, 0.15) is 0 Å². The maximum atomic E-state index is 11.7. The summed E-state index contributed by atoms with van der Waals surface area (Å²) in [5.41, 5.74) is 6.97. The van der Waals surface area contributed by atoms with Crippen molar-refractivity contribution in [1.29, 1.82) is 0 Å². The van der Waals surface area contributed by atoms with E-state index >= 15 is 0 Å². The summed E-state index contributed by atoms with van der Waals surface area (Å²) in [7, 11) is 1.69. The van der Waals surface area contributed by atoms with Gasteiger partial charge in [-0.2, -0.15) is 0 Å². The van der Waals surface area contributed by atoms with E-state index in [0.29, 0.717) is 19.6 Å². The van der Waals surface area contributed by atoms with E-state index in [2.05, 4.69) is 6.08 Å². The minimum atomic E-state index is -0.345. The quantitative estimate of drug-likeness (QED) is 0.692. The molecule has 1 atom stereocenters. The average molecular weight is 212 g/mol. The summed E-state index contributed by atoms with van der Waals surface area (Å²) in [6.45, 7) is 4.04. The SMILES string of the molecule is CC[C@@H](N)C(=O)N1CC=C(COC)CC1. The monoisotopic (exact) mass is 212 g/mol. The van der Waals surface area contributed by atoms with Gasteiger partial charge in [0, 0.05) is 20.2 Å². The van der Waals surface area contributed by atoms with Crippen LogP contribution in [0.2, 0.25) is 0 Å². The Morgan fingerprint density at radius 3 is 2.93 bits per heavy atom. The van der Waals surface area contributed by atoms with Crippen LogP contribution in [0.5, 0.6) is 0 Å². The van der Waals surface area contributed by atoms with E-state index in [-0.39, 0.29) is 11.9 Å². The third-order valence-corrected chi connectivity index (χ3v) is 2.70. The van der Waals surface area contributed by atoms with E-state index in [1.54, 1.807) is 7.11 Å². The van der Waals surface area contributed by atoms with Crippen molar-refractivity contribution in [2.45, 2.75) is 25.8 Å². The van der Waals surface area contributed by atoms with Gasteiger partial charge in [0.05, 0.1) is 12.6 Å². The zero-order valence-corrected chi connectivity index (χ0v) is 9.53. The molecule has 1 heterocycles. The van der Waals surface area contributed by atoms with Crippen LogP contribution in [0.3, 0.4) is 0 Å². The normalized spacial score (nSPS) is 18.6. The Hall–Kier alpha value is -0.870. The van der Waals surface area contributed by atoms with Crippen molar-refractivity contribution in [3.63, 3.8) is 0 Å². The summed E-state index contributed by atoms with van der Waals surface area (Å²) < 4.78 is 5.05. The van der Waals surface area contributed by atoms with Gasteiger partial charge in [0.25, 0.3) is 0 Å². The Bertz CT molecular complexity index is 251. The van der Waals surface area contributed by atoms with Crippen LogP contribution >= 0.6 is 0 Å². The van der Waals surface area contributed by atoms with Crippen molar-refractivity contribution in [3.8, 4) is 0 Å². The Morgan fingerprint density at radius 1 is 1.73 bits per heavy atom. The zero-order chi connectivity index (χ0) is 11.3. The highest BCUT2D eigenvalue weighted by molar-refractivity contribution is 5.81. The number of ether oxygens (including phenoxy) is 1. The lowest BCUT2D eigenvalue weighted by molar-refractivity contribution is -0.132. The van der Waals surface area contributed by atoms with Crippen LogP contribution in [0.15, 0.2) is 11.6 Å². The summed E-state index contributed by atoms with van der Waals surface area (Å²) in [6, 6.07) is -0.345. The molecule has 1 aliphatic heterocycles. The van der Waals surface area contributed by atoms with E-state index in [4.69, 9.17) is 10.5 Å². The molecule has 0 bridgehead atoms. The molecule has 0 saturated carbocycles. The smallest absolute Gasteiger partial charge is 0.239 e. The molecule has 0 aromatic carbocycles.